The molecule has 140 valence electrons. The van der Waals surface area contributed by atoms with Gasteiger partial charge in [0, 0.05) is 22.4 Å². The Morgan fingerprint density at radius 3 is 1.93 bits per heavy atom. The summed E-state index contributed by atoms with van der Waals surface area (Å²) in [5.74, 6) is -2.71. The van der Waals surface area contributed by atoms with Gasteiger partial charge in [-0.2, -0.15) is 0 Å². The van der Waals surface area contributed by atoms with Gasteiger partial charge in [-0.05, 0) is 36.4 Å². The molecule has 8 nitrogen and oxygen atoms in total. The van der Waals surface area contributed by atoms with E-state index in [0.717, 1.165) is 0 Å². The number of hydrogen-bond donors (Lipinski definition) is 4. The van der Waals surface area contributed by atoms with Crippen molar-refractivity contribution >= 4 is 52.5 Å². The standard InChI is InChI=1S/C17H14Cl2N4O4/c18-12-2-1-8(6-13(12)19)17(27)22-7-14(24)23-11-4-9(15(20)25)3-10(5-11)16(21)26/h1-6H,7H2,(H2,20,25)(H2,21,26)(H,22,27)(H,23,24). The van der Waals surface area contributed by atoms with E-state index < -0.39 is 23.6 Å². The molecule has 0 aromatic heterocycles. The summed E-state index contributed by atoms with van der Waals surface area (Å²) < 4.78 is 0. The maximum Gasteiger partial charge on any atom is 0.251 e. The zero-order chi connectivity index (χ0) is 20.1. The summed E-state index contributed by atoms with van der Waals surface area (Å²) in [6, 6.07) is 8.07. The lowest BCUT2D eigenvalue weighted by Gasteiger charge is -2.09. The van der Waals surface area contributed by atoms with Crippen LogP contribution in [0.3, 0.4) is 0 Å². The average molecular weight is 409 g/mol. The zero-order valence-corrected chi connectivity index (χ0v) is 15.2. The second-order valence-electron chi connectivity index (χ2n) is 5.39. The van der Waals surface area contributed by atoms with Crippen LogP contribution in [0.15, 0.2) is 36.4 Å². The monoisotopic (exact) mass is 408 g/mol. The first-order valence-electron chi connectivity index (χ1n) is 7.45. The van der Waals surface area contributed by atoms with Crippen molar-refractivity contribution in [2.24, 2.45) is 11.5 Å². The predicted octanol–water partition coefficient (Wildman–Crippen LogP) is 1.56. The molecule has 4 amide bonds. The number of primary amides is 2. The number of anilines is 1. The van der Waals surface area contributed by atoms with Crippen LogP contribution in [0.25, 0.3) is 0 Å². The van der Waals surface area contributed by atoms with Gasteiger partial charge in [0.15, 0.2) is 0 Å². The first-order chi connectivity index (χ1) is 12.7. The Morgan fingerprint density at radius 1 is 0.815 bits per heavy atom. The van der Waals surface area contributed by atoms with Crippen LogP contribution in [0.1, 0.15) is 31.1 Å². The second kappa shape index (κ2) is 8.52. The molecule has 2 rings (SSSR count). The van der Waals surface area contributed by atoms with E-state index in [0.29, 0.717) is 5.02 Å². The molecule has 2 aromatic carbocycles. The number of hydrogen-bond acceptors (Lipinski definition) is 4. The highest BCUT2D eigenvalue weighted by Crippen LogP contribution is 2.22. The van der Waals surface area contributed by atoms with Crippen molar-refractivity contribution in [3.05, 3.63) is 63.1 Å². The largest absolute Gasteiger partial charge is 0.366 e. The summed E-state index contributed by atoms with van der Waals surface area (Å²) in [6.45, 7) is -0.369. The number of rotatable bonds is 6. The Kier molecular flexibility index (Phi) is 6.38. The van der Waals surface area contributed by atoms with E-state index in [1.165, 1.54) is 36.4 Å². The Balaban J connectivity index is 2.05. The summed E-state index contributed by atoms with van der Waals surface area (Å²) in [5.41, 5.74) is 10.7. The van der Waals surface area contributed by atoms with Gasteiger partial charge < -0.3 is 22.1 Å². The van der Waals surface area contributed by atoms with Gasteiger partial charge in [-0.1, -0.05) is 23.2 Å². The predicted molar refractivity (Wildman–Crippen MR) is 101 cm³/mol. The van der Waals surface area contributed by atoms with Gasteiger partial charge in [0.05, 0.1) is 16.6 Å². The Bertz CT molecular complexity index is 914. The van der Waals surface area contributed by atoms with E-state index >= 15 is 0 Å². The SMILES string of the molecule is NC(=O)c1cc(NC(=O)CNC(=O)c2ccc(Cl)c(Cl)c2)cc(C(N)=O)c1. The molecule has 0 radical (unpaired) electrons. The van der Waals surface area contributed by atoms with Crippen LogP contribution in [0, 0.1) is 0 Å². The van der Waals surface area contributed by atoms with Crippen LogP contribution in [-0.4, -0.2) is 30.2 Å². The average Bonchev–Trinajstić information content (AvgIpc) is 2.61. The van der Waals surface area contributed by atoms with Crippen LogP contribution < -0.4 is 22.1 Å². The fourth-order valence-electron chi connectivity index (χ4n) is 2.09. The van der Waals surface area contributed by atoms with Gasteiger partial charge in [-0.15, -0.1) is 0 Å². The molecule has 0 atom stereocenters. The number of nitrogens with one attached hydrogen (secondary N) is 2. The quantitative estimate of drug-likeness (QED) is 0.574. The molecule has 0 aliphatic carbocycles. The van der Waals surface area contributed by atoms with E-state index in [4.69, 9.17) is 34.7 Å². The third-order valence-electron chi connectivity index (χ3n) is 3.38. The molecule has 0 fully saturated rings. The van der Waals surface area contributed by atoms with Gasteiger partial charge >= 0.3 is 0 Å². The van der Waals surface area contributed by atoms with Crippen molar-refractivity contribution in [2.45, 2.75) is 0 Å². The van der Waals surface area contributed by atoms with Gasteiger partial charge in [0.2, 0.25) is 17.7 Å². The molecule has 6 N–H and O–H groups in total. The number of carbonyl (C=O) groups excluding carboxylic acids is 4. The van der Waals surface area contributed by atoms with Crippen LogP contribution in [0.4, 0.5) is 5.69 Å². The van der Waals surface area contributed by atoms with Gasteiger partial charge in [0.1, 0.15) is 0 Å². The number of benzene rings is 2. The number of carbonyl (C=O) groups is 4. The highest BCUT2D eigenvalue weighted by molar-refractivity contribution is 6.42. The third-order valence-corrected chi connectivity index (χ3v) is 4.12. The maximum atomic E-state index is 12.0. The van der Waals surface area contributed by atoms with E-state index in [9.17, 15) is 19.2 Å². The zero-order valence-electron chi connectivity index (χ0n) is 13.7. The van der Waals surface area contributed by atoms with E-state index in [1.54, 1.807) is 0 Å². The lowest BCUT2D eigenvalue weighted by Crippen LogP contribution is -2.33. The number of amides is 4. The molecule has 0 heterocycles. The van der Waals surface area contributed by atoms with Gasteiger partial charge in [-0.3, -0.25) is 19.2 Å². The highest BCUT2D eigenvalue weighted by atomic mass is 35.5. The van der Waals surface area contributed by atoms with Crippen molar-refractivity contribution in [1.82, 2.24) is 5.32 Å². The minimum Gasteiger partial charge on any atom is -0.366 e. The van der Waals surface area contributed by atoms with E-state index in [1.807, 2.05) is 0 Å². The number of nitrogens with two attached hydrogens (primary N) is 2. The lowest BCUT2D eigenvalue weighted by atomic mass is 10.1. The van der Waals surface area contributed by atoms with Crippen molar-refractivity contribution in [3.63, 3.8) is 0 Å². The Morgan fingerprint density at radius 2 is 1.41 bits per heavy atom. The van der Waals surface area contributed by atoms with Crippen LogP contribution in [0.2, 0.25) is 10.0 Å². The molecule has 0 bridgehead atoms. The first-order valence-corrected chi connectivity index (χ1v) is 8.20. The van der Waals surface area contributed by atoms with Crippen LogP contribution in [0.5, 0.6) is 0 Å². The van der Waals surface area contributed by atoms with Crippen LogP contribution in [-0.2, 0) is 4.79 Å². The minimum absolute atomic E-state index is 0.00133. The van der Waals surface area contributed by atoms with Crippen molar-refractivity contribution in [1.29, 1.82) is 0 Å². The van der Waals surface area contributed by atoms with Crippen LogP contribution >= 0.6 is 23.2 Å². The fraction of sp³-hybridized carbons (Fsp3) is 0.0588. The fourth-order valence-corrected chi connectivity index (χ4v) is 2.39. The lowest BCUT2D eigenvalue weighted by molar-refractivity contribution is -0.115. The molecular formula is C17H14Cl2N4O4. The Hall–Kier alpha value is -3.10. The number of halogens is 2. The molecule has 0 saturated heterocycles. The van der Waals surface area contributed by atoms with Crippen molar-refractivity contribution in [3.8, 4) is 0 Å². The molecule has 10 heteroatoms. The summed E-state index contributed by atoms with van der Waals surface area (Å²) in [7, 11) is 0. The van der Waals surface area contributed by atoms with Gasteiger partial charge in [0.25, 0.3) is 5.91 Å². The highest BCUT2D eigenvalue weighted by Gasteiger charge is 2.13. The summed E-state index contributed by atoms with van der Waals surface area (Å²) in [5, 5.41) is 5.35. The topological polar surface area (TPSA) is 144 Å². The molecule has 0 aliphatic heterocycles. The minimum atomic E-state index is -0.790. The third kappa shape index (κ3) is 5.44. The summed E-state index contributed by atoms with van der Waals surface area (Å²) in [4.78, 5) is 46.7. The summed E-state index contributed by atoms with van der Waals surface area (Å²) in [6.07, 6.45) is 0. The normalized spacial score (nSPS) is 10.1. The molecular weight excluding hydrogens is 395 g/mol. The molecule has 2 aromatic rings. The van der Waals surface area contributed by atoms with E-state index in [2.05, 4.69) is 10.6 Å². The maximum absolute atomic E-state index is 12.0. The molecule has 27 heavy (non-hydrogen) atoms. The Labute approximate surface area is 163 Å². The smallest absolute Gasteiger partial charge is 0.251 e. The summed E-state index contributed by atoms with van der Waals surface area (Å²) >= 11 is 11.6. The molecule has 0 saturated carbocycles. The molecule has 0 spiro atoms. The molecule has 0 aliphatic rings. The van der Waals surface area contributed by atoms with Crippen molar-refractivity contribution < 1.29 is 19.2 Å². The van der Waals surface area contributed by atoms with Gasteiger partial charge in [-0.25, -0.2) is 0 Å². The van der Waals surface area contributed by atoms with Crippen molar-refractivity contribution in [2.75, 3.05) is 11.9 Å². The first kappa shape index (κ1) is 20.2. The molecule has 0 unspecified atom stereocenters. The second-order valence-corrected chi connectivity index (χ2v) is 6.20. The van der Waals surface area contributed by atoms with E-state index in [-0.39, 0.29) is 33.9 Å².